The van der Waals surface area contributed by atoms with E-state index in [1.54, 1.807) is 61.7 Å². The minimum absolute atomic E-state index is 0.114. The van der Waals surface area contributed by atoms with Crippen LogP contribution in [0.5, 0.6) is 11.5 Å². The summed E-state index contributed by atoms with van der Waals surface area (Å²) in [5.74, 6) is 0.498. The third-order valence-electron chi connectivity index (χ3n) is 4.48. The lowest BCUT2D eigenvalue weighted by atomic mass is 10.0. The number of aliphatic hydroxyl groups excluding tert-OH is 1. The zero-order valence-corrected chi connectivity index (χ0v) is 18.8. The van der Waals surface area contributed by atoms with E-state index in [2.05, 4.69) is 5.32 Å². The predicted molar refractivity (Wildman–Crippen MR) is 124 cm³/mol. The van der Waals surface area contributed by atoms with Crippen molar-refractivity contribution in [2.45, 2.75) is 12.2 Å². The van der Waals surface area contributed by atoms with Gasteiger partial charge < -0.3 is 24.1 Å². The van der Waals surface area contributed by atoms with Crippen molar-refractivity contribution >= 4 is 17.7 Å². The van der Waals surface area contributed by atoms with Crippen molar-refractivity contribution in [3.63, 3.8) is 0 Å². The highest BCUT2D eigenvalue weighted by Crippen LogP contribution is 2.27. The highest BCUT2D eigenvalue weighted by molar-refractivity contribution is 5.86. The zero-order valence-electron chi connectivity index (χ0n) is 18.8. The molecular formula is C24H28N2O8. The van der Waals surface area contributed by atoms with Crippen molar-refractivity contribution < 1.29 is 38.9 Å². The molecule has 0 fully saturated rings. The molecule has 2 aromatic carbocycles. The number of ether oxygens (including phenoxy) is 4. The second kappa shape index (κ2) is 14.3. The molecule has 4 N–H and O–H groups in total. The van der Waals surface area contributed by atoms with Crippen molar-refractivity contribution in [3.8, 4) is 11.5 Å². The van der Waals surface area contributed by atoms with Gasteiger partial charge in [0.1, 0.15) is 24.2 Å². The van der Waals surface area contributed by atoms with Gasteiger partial charge in [-0.3, -0.25) is 15.3 Å². The minimum Gasteiger partial charge on any atom is -0.497 e. The van der Waals surface area contributed by atoms with Gasteiger partial charge >= 0.3 is 6.09 Å². The molecule has 10 heteroatoms. The third-order valence-corrected chi connectivity index (χ3v) is 4.48. The van der Waals surface area contributed by atoms with Crippen LogP contribution in [0, 0.1) is 0 Å². The Morgan fingerprint density at radius 3 is 2.26 bits per heavy atom. The molecule has 34 heavy (non-hydrogen) atoms. The number of carbonyl (C=O) groups excluding carboxylic acids is 2. The van der Waals surface area contributed by atoms with Crippen molar-refractivity contribution in [2.75, 3.05) is 32.8 Å². The number of rotatable bonds is 12. The minimum atomic E-state index is -0.855. The number of methoxy groups -OCH3 is 2. The molecule has 0 radical (unpaired) electrons. The Hall–Kier alpha value is -3.86. The number of hydrogen-bond acceptors (Lipinski definition) is 8. The Morgan fingerprint density at radius 1 is 1.00 bits per heavy atom. The highest BCUT2D eigenvalue weighted by atomic mass is 16.6. The van der Waals surface area contributed by atoms with Crippen LogP contribution in [0.2, 0.25) is 0 Å². The second-order valence-electron chi connectivity index (χ2n) is 6.74. The predicted octanol–water partition coefficient (Wildman–Crippen LogP) is 2.99. The Labute approximate surface area is 197 Å². The first-order valence-corrected chi connectivity index (χ1v) is 10.3. The first kappa shape index (κ1) is 26.4. The molecule has 0 saturated carbocycles. The lowest BCUT2D eigenvalue weighted by molar-refractivity contribution is -0.124. The van der Waals surface area contributed by atoms with E-state index in [1.165, 1.54) is 24.7 Å². The molecule has 0 aliphatic rings. The molecule has 2 aromatic rings. The summed E-state index contributed by atoms with van der Waals surface area (Å²) in [4.78, 5) is 23.8. The summed E-state index contributed by atoms with van der Waals surface area (Å²) in [6, 6.07) is 13.6. The summed E-state index contributed by atoms with van der Waals surface area (Å²) in [5.41, 5.74) is 2.62. The molecule has 0 spiro atoms. The van der Waals surface area contributed by atoms with Crippen LogP contribution >= 0.6 is 0 Å². The van der Waals surface area contributed by atoms with Gasteiger partial charge in [-0.2, -0.15) is 0 Å². The molecule has 182 valence electrons. The summed E-state index contributed by atoms with van der Waals surface area (Å²) in [6.45, 7) is 0.0398. The lowest BCUT2D eigenvalue weighted by Crippen LogP contribution is -2.26. The zero-order chi connectivity index (χ0) is 24.8. The quantitative estimate of drug-likeness (QED) is 0.160. The standard InChI is InChI=1S/C24H28N2O8/c1-31-19-13-9-18(10-14-19)25-24(29)34-23(17-7-11-20(12-8-17)33-16-15-27)21(32-2)5-3-4-6-22(28)26-30/h3-14,21,23,27,30H,15-16H2,1-2H3,(H,25,29)(H,26,28)/b5-3+,6-4+/t21-,23-/m0/s1. The van der Waals surface area contributed by atoms with E-state index in [1.807, 2.05) is 0 Å². The second-order valence-corrected chi connectivity index (χ2v) is 6.74. The molecule has 0 aromatic heterocycles. The van der Waals surface area contributed by atoms with Crippen LogP contribution in [0.25, 0.3) is 0 Å². The fourth-order valence-electron chi connectivity index (χ4n) is 2.84. The number of nitrogens with one attached hydrogen (secondary N) is 2. The van der Waals surface area contributed by atoms with Crippen LogP contribution in [0.1, 0.15) is 11.7 Å². The van der Waals surface area contributed by atoms with E-state index < -0.39 is 24.2 Å². The van der Waals surface area contributed by atoms with Crippen LogP contribution in [0.3, 0.4) is 0 Å². The van der Waals surface area contributed by atoms with Gasteiger partial charge in [0.15, 0.2) is 6.10 Å². The summed E-state index contributed by atoms with van der Waals surface area (Å²) in [7, 11) is 3.00. The number of anilines is 1. The summed E-state index contributed by atoms with van der Waals surface area (Å²) in [6.07, 6.45) is 3.36. The number of benzene rings is 2. The molecule has 0 bridgehead atoms. The van der Waals surface area contributed by atoms with Crippen molar-refractivity contribution in [2.24, 2.45) is 0 Å². The number of hydroxylamine groups is 1. The molecule has 10 nitrogen and oxygen atoms in total. The van der Waals surface area contributed by atoms with Crippen molar-refractivity contribution in [1.29, 1.82) is 0 Å². The van der Waals surface area contributed by atoms with Crippen molar-refractivity contribution in [3.05, 3.63) is 78.4 Å². The van der Waals surface area contributed by atoms with Crippen LogP contribution < -0.4 is 20.3 Å². The van der Waals surface area contributed by atoms with Gasteiger partial charge in [0, 0.05) is 18.9 Å². The van der Waals surface area contributed by atoms with Gasteiger partial charge in [0.25, 0.3) is 5.91 Å². The number of aliphatic hydroxyl groups is 1. The van der Waals surface area contributed by atoms with Gasteiger partial charge in [0.2, 0.25) is 0 Å². The first-order valence-electron chi connectivity index (χ1n) is 10.3. The molecule has 2 amide bonds. The van der Waals surface area contributed by atoms with E-state index in [0.717, 1.165) is 6.08 Å². The normalized spacial score (nSPS) is 12.8. The van der Waals surface area contributed by atoms with E-state index >= 15 is 0 Å². The molecule has 0 saturated heterocycles. The van der Waals surface area contributed by atoms with Crippen LogP contribution in [-0.2, 0) is 14.3 Å². The maximum absolute atomic E-state index is 12.6. The van der Waals surface area contributed by atoms with E-state index in [4.69, 9.17) is 29.3 Å². The van der Waals surface area contributed by atoms with Crippen molar-refractivity contribution in [1.82, 2.24) is 5.48 Å². The monoisotopic (exact) mass is 472 g/mol. The Kier molecular flexibility index (Phi) is 11.1. The third kappa shape index (κ3) is 8.58. The number of amides is 2. The molecule has 0 aliphatic carbocycles. The molecule has 0 unspecified atom stereocenters. The topological polar surface area (TPSA) is 136 Å². The number of allylic oxidation sites excluding steroid dienone is 2. The van der Waals surface area contributed by atoms with Crippen LogP contribution in [0.15, 0.2) is 72.8 Å². The summed E-state index contributed by atoms with van der Waals surface area (Å²) >= 11 is 0. The maximum atomic E-state index is 12.6. The maximum Gasteiger partial charge on any atom is 0.412 e. The molecule has 2 atom stereocenters. The largest absolute Gasteiger partial charge is 0.497 e. The molecule has 2 rings (SSSR count). The molecular weight excluding hydrogens is 444 g/mol. The van der Waals surface area contributed by atoms with E-state index in [-0.39, 0.29) is 13.2 Å². The smallest absolute Gasteiger partial charge is 0.412 e. The van der Waals surface area contributed by atoms with Gasteiger partial charge in [-0.05, 0) is 42.0 Å². The fourth-order valence-corrected chi connectivity index (χ4v) is 2.84. The fraction of sp³-hybridized carbons (Fsp3) is 0.250. The van der Waals surface area contributed by atoms with Crippen LogP contribution in [0.4, 0.5) is 10.5 Å². The number of hydrogen-bond donors (Lipinski definition) is 4. The highest BCUT2D eigenvalue weighted by Gasteiger charge is 2.25. The van der Waals surface area contributed by atoms with Gasteiger partial charge in [-0.15, -0.1) is 0 Å². The van der Waals surface area contributed by atoms with Crippen LogP contribution in [-0.4, -0.2) is 55.9 Å². The number of carbonyl (C=O) groups is 2. The first-order chi connectivity index (χ1) is 16.5. The van der Waals surface area contributed by atoms with E-state index in [9.17, 15) is 9.59 Å². The van der Waals surface area contributed by atoms with Gasteiger partial charge in [0.05, 0.1) is 13.7 Å². The molecule has 0 heterocycles. The summed E-state index contributed by atoms with van der Waals surface area (Å²) in [5, 5.41) is 20.1. The summed E-state index contributed by atoms with van der Waals surface area (Å²) < 4.78 is 21.7. The van der Waals surface area contributed by atoms with E-state index in [0.29, 0.717) is 22.7 Å². The van der Waals surface area contributed by atoms with Gasteiger partial charge in [-0.1, -0.05) is 30.4 Å². The lowest BCUT2D eigenvalue weighted by Gasteiger charge is -2.24. The van der Waals surface area contributed by atoms with Gasteiger partial charge in [-0.25, -0.2) is 10.3 Å². The Morgan fingerprint density at radius 2 is 1.68 bits per heavy atom. The average molecular weight is 472 g/mol. The molecule has 0 aliphatic heterocycles. The Bertz CT molecular complexity index is 958. The SMILES string of the molecule is COc1ccc(NC(=O)O[C@@H](c2ccc(OCCO)cc2)[C@H](/C=C/C=C/C(=O)NO)OC)cc1. The average Bonchev–Trinajstić information content (AvgIpc) is 2.87. The Balaban J connectivity index is 2.22.